The number of carbonyl (C=O) groups excluding carboxylic acids is 1. The Balaban J connectivity index is 3.57. The van der Waals surface area contributed by atoms with Crippen LogP contribution >= 0.6 is 0 Å². The molecule has 4 nitrogen and oxygen atoms in total. The van der Waals surface area contributed by atoms with Crippen LogP contribution in [0.15, 0.2) is 0 Å². The number of aliphatic hydroxyl groups excluding tert-OH is 1. The number of carbonyl (C=O) groups is 1. The minimum absolute atomic E-state index is 0.0143. The Morgan fingerprint density at radius 1 is 1.67 bits per heavy atom. The molecule has 12 heavy (non-hydrogen) atoms. The van der Waals surface area contributed by atoms with E-state index in [1.807, 2.05) is 6.92 Å². The van der Waals surface area contributed by atoms with Crippen LogP contribution in [0.1, 0.15) is 19.8 Å². The minimum atomic E-state index is 0.0143. The molecule has 0 aromatic carbocycles. The first-order valence-electron chi connectivity index (χ1n) is 4.18. The topological polar surface area (TPSA) is 66.6 Å². The van der Waals surface area contributed by atoms with E-state index in [1.165, 1.54) is 4.90 Å². The van der Waals surface area contributed by atoms with Gasteiger partial charge in [0.15, 0.2) is 0 Å². The lowest BCUT2D eigenvalue weighted by Crippen LogP contribution is -2.30. The van der Waals surface area contributed by atoms with Crippen molar-refractivity contribution in [3.05, 3.63) is 0 Å². The molecule has 0 aromatic rings. The predicted octanol–water partition coefficient (Wildman–Crippen LogP) is -0.435. The summed E-state index contributed by atoms with van der Waals surface area (Å²) in [6.45, 7) is 2.29. The zero-order chi connectivity index (χ0) is 9.56. The average Bonchev–Trinajstić information content (AvgIpc) is 2.00. The molecule has 0 aliphatic heterocycles. The largest absolute Gasteiger partial charge is 0.395 e. The van der Waals surface area contributed by atoms with E-state index >= 15 is 0 Å². The maximum Gasteiger partial charge on any atom is 0.222 e. The van der Waals surface area contributed by atoms with Gasteiger partial charge >= 0.3 is 0 Å². The van der Waals surface area contributed by atoms with Gasteiger partial charge in [-0.15, -0.1) is 0 Å². The number of aliphatic hydroxyl groups is 1. The Kier molecular flexibility index (Phi) is 5.66. The van der Waals surface area contributed by atoms with Gasteiger partial charge in [-0.2, -0.15) is 0 Å². The molecule has 0 aliphatic rings. The van der Waals surface area contributed by atoms with Crippen molar-refractivity contribution in [2.24, 2.45) is 5.73 Å². The third-order valence-corrected chi connectivity index (χ3v) is 1.67. The van der Waals surface area contributed by atoms with Crippen LogP contribution in [0.5, 0.6) is 0 Å². The summed E-state index contributed by atoms with van der Waals surface area (Å²) in [5, 5.41) is 8.54. The highest BCUT2D eigenvalue weighted by Crippen LogP contribution is 1.97. The van der Waals surface area contributed by atoms with Crippen LogP contribution in [0.4, 0.5) is 0 Å². The van der Waals surface area contributed by atoms with Crippen LogP contribution in [0, 0.1) is 0 Å². The van der Waals surface area contributed by atoms with Gasteiger partial charge in [0.1, 0.15) is 0 Å². The van der Waals surface area contributed by atoms with E-state index in [9.17, 15) is 4.79 Å². The molecule has 0 saturated heterocycles. The number of nitrogens with zero attached hydrogens (tertiary/aromatic N) is 1. The fourth-order valence-corrected chi connectivity index (χ4v) is 0.817. The van der Waals surface area contributed by atoms with Crippen LogP contribution < -0.4 is 5.73 Å². The minimum Gasteiger partial charge on any atom is -0.395 e. The number of hydrogen-bond donors (Lipinski definition) is 2. The Bertz CT molecular complexity index is 137. The van der Waals surface area contributed by atoms with Crippen LogP contribution in [-0.2, 0) is 4.79 Å². The van der Waals surface area contributed by atoms with Crippen molar-refractivity contribution in [1.29, 1.82) is 0 Å². The molecule has 0 saturated carbocycles. The Morgan fingerprint density at radius 2 is 2.25 bits per heavy atom. The van der Waals surface area contributed by atoms with E-state index in [0.29, 0.717) is 19.4 Å². The highest BCUT2D eigenvalue weighted by atomic mass is 16.3. The first kappa shape index (κ1) is 11.4. The van der Waals surface area contributed by atoms with Crippen LogP contribution in [0.25, 0.3) is 0 Å². The molecule has 1 atom stereocenters. The highest BCUT2D eigenvalue weighted by Gasteiger charge is 2.07. The van der Waals surface area contributed by atoms with E-state index < -0.39 is 0 Å². The molecule has 0 aliphatic carbocycles. The van der Waals surface area contributed by atoms with Crippen LogP contribution in [-0.4, -0.2) is 42.2 Å². The average molecular weight is 174 g/mol. The smallest absolute Gasteiger partial charge is 0.222 e. The lowest BCUT2D eigenvalue weighted by Gasteiger charge is -2.15. The molecule has 1 amide bonds. The summed E-state index contributed by atoms with van der Waals surface area (Å²) in [6, 6.07) is 0.0662. The summed E-state index contributed by atoms with van der Waals surface area (Å²) >= 11 is 0. The fourth-order valence-electron chi connectivity index (χ4n) is 0.817. The summed E-state index contributed by atoms with van der Waals surface area (Å²) < 4.78 is 0. The summed E-state index contributed by atoms with van der Waals surface area (Å²) in [5.41, 5.74) is 5.49. The second kappa shape index (κ2) is 5.97. The second-order valence-corrected chi connectivity index (χ2v) is 3.05. The van der Waals surface area contributed by atoms with Crippen molar-refractivity contribution in [3.8, 4) is 0 Å². The summed E-state index contributed by atoms with van der Waals surface area (Å²) in [6.07, 6.45) is 1.17. The van der Waals surface area contributed by atoms with E-state index in [4.69, 9.17) is 10.8 Å². The summed E-state index contributed by atoms with van der Waals surface area (Å²) in [5.74, 6) is 0.0429. The SMILES string of the molecule is CC(N)CCC(=O)N(C)CCO. The molecule has 0 spiro atoms. The number of amides is 1. The lowest BCUT2D eigenvalue weighted by atomic mass is 10.2. The van der Waals surface area contributed by atoms with E-state index in [2.05, 4.69) is 0 Å². The molecule has 0 fully saturated rings. The zero-order valence-electron chi connectivity index (χ0n) is 7.79. The Hall–Kier alpha value is -0.610. The maximum absolute atomic E-state index is 11.2. The van der Waals surface area contributed by atoms with Crippen molar-refractivity contribution < 1.29 is 9.90 Å². The number of rotatable bonds is 5. The number of nitrogens with two attached hydrogens (primary N) is 1. The first-order valence-corrected chi connectivity index (χ1v) is 4.18. The summed E-state index contributed by atoms with van der Waals surface area (Å²) in [4.78, 5) is 12.7. The quantitative estimate of drug-likeness (QED) is 0.594. The van der Waals surface area contributed by atoms with Crippen molar-refractivity contribution in [2.45, 2.75) is 25.8 Å². The van der Waals surface area contributed by atoms with Gasteiger partial charge in [-0.05, 0) is 13.3 Å². The molecular formula is C8H18N2O2. The standard InChI is InChI=1S/C8H18N2O2/c1-7(9)3-4-8(12)10(2)5-6-11/h7,11H,3-6,9H2,1-2H3. The second-order valence-electron chi connectivity index (χ2n) is 3.05. The van der Waals surface area contributed by atoms with Crippen LogP contribution in [0.3, 0.4) is 0 Å². The number of hydrogen-bond acceptors (Lipinski definition) is 3. The monoisotopic (exact) mass is 174 g/mol. The molecular weight excluding hydrogens is 156 g/mol. The van der Waals surface area contributed by atoms with Crippen molar-refractivity contribution >= 4 is 5.91 Å². The fraction of sp³-hybridized carbons (Fsp3) is 0.875. The predicted molar refractivity (Wildman–Crippen MR) is 47.6 cm³/mol. The van der Waals surface area contributed by atoms with Crippen molar-refractivity contribution in [1.82, 2.24) is 4.90 Å². The van der Waals surface area contributed by atoms with E-state index in [-0.39, 0.29) is 18.6 Å². The Labute approximate surface area is 73.3 Å². The molecule has 0 bridgehead atoms. The lowest BCUT2D eigenvalue weighted by molar-refractivity contribution is -0.130. The third-order valence-electron chi connectivity index (χ3n) is 1.67. The third kappa shape index (κ3) is 5.09. The van der Waals surface area contributed by atoms with Gasteiger partial charge in [-0.25, -0.2) is 0 Å². The Morgan fingerprint density at radius 3 is 2.67 bits per heavy atom. The molecule has 1 unspecified atom stereocenters. The van der Waals surface area contributed by atoms with E-state index in [0.717, 1.165) is 0 Å². The van der Waals surface area contributed by atoms with Gasteiger partial charge in [-0.1, -0.05) is 0 Å². The normalized spacial score (nSPS) is 12.7. The van der Waals surface area contributed by atoms with Gasteiger partial charge in [0, 0.05) is 26.1 Å². The molecule has 4 heteroatoms. The van der Waals surface area contributed by atoms with Gasteiger partial charge < -0.3 is 15.7 Å². The van der Waals surface area contributed by atoms with Gasteiger partial charge in [0.25, 0.3) is 0 Å². The molecule has 0 rings (SSSR count). The molecule has 3 N–H and O–H groups in total. The molecule has 0 heterocycles. The molecule has 0 radical (unpaired) electrons. The highest BCUT2D eigenvalue weighted by molar-refractivity contribution is 5.75. The maximum atomic E-state index is 11.2. The summed E-state index contributed by atoms with van der Waals surface area (Å²) in [7, 11) is 1.68. The number of likely N-dealkylation sites (N-methyl/N-ethyl adjacent to an activating group) is 1. The molecule has 72 valence electrons. The van der Waals surface area contributed by atoms with Gasteiger partial charge in [0.2, 0.25) is 5.91 Å². The van der Waals surface area contributed by atoms with Gasteiger partial charge in [0.05, 0.1) is 6.61 Å². The first-order chi connectivity index (χ1) is 5.57. The van der Waals surface area contributed by atoms with Crippen molar-refractivity contribution in [2.75, 3.05) is 20.2 Å². The van der Waals surface area contributed by atoms with Gasteiger partial charge in [-0.3, -0.25) is 4.79 Å². The van der Waals surface area contributed by atoms with Crippen molar-refractivity contribution in [3.63, 3.8) is 0 Å². The van der Waals surface area contributed by atoms with E-state index in [1.54, 1.807) is 7.05 Å². The molecule has 0 aromatic heterocycles. The zero-order valence-corrected chi connectivity index (χ0v) is 7.79. The van der Waals surface area contributed by atoms with Crippen LogP contribution in [0.2, 0.25) is 0 Å².